The molecule has 0 amide bonds. The van der Waals surface area contributed by atoms with E-state index in [1.54, 1.807) is 18.5 Å². The summed E-state index contributed by atoms with van der Waals surface area (Å²) in [7, 11) is 0. The number of nitrogens with zero attached hydrogens (tertiary/aromatic N) is 1. The Bertz CT molecular complexity index is 543. The van der Waals surface area contributed by atoms with Crippen molar-refractivity contribution >= 4 is 0 Å². The summed E-state index contributed by atoms with van der Waals surface area (Å²) in [5.74, 6) is -1.48. The first kappa shape index (κ1) is 14.6. The first-order valence-corrected chi connectivity index (χ1v) is 6.35. The third-order valence-corrected chi connectivity index (χ3v) is 3.13. The molecule has 2 atom stereocenters. The van der Waals surface area contributed by atoms with Gasteiger partial charge in [-0.1, -0.05) is 12.1 Å². The van der Waals surface area contributed by atoms with Gasteiger partial charge in [-0.3, -0.25) is 4.98 Å². The van der Waals surface area contributed by atoms with Gasteiger partial charge in [-0.2, -0.15) is 0 Å². The minimum atomic E-state index is -1.24. The molecule has 5 heteroatoms. The first-order chi connectivity index (χ1) is 9.59. The van der Waals surface area contributed by atoms with Crippen molar-refractivity contribution in [1.82, 2.24) is 10.3 Å². The van der Waals surface area contributed by atoms with Crippen LogP contribution in [-0.2, 0) is 0 Å². The number of pyridine rings is 1. The fourth-order valence-corrected chi connectivity index (χ4v) is 1.97. The number of benzene rings is 1. The van der Waals surface area contributed by atoms with E-state index in [0.29, 0.717) is 0 Å². The molecule has 2 N–H and O–H groups in total. The van der Waals surface area contributed by atoms with Crippen LogP contribution < -0.4 is 5.32 Å². The summed E-state index contributed by atoms with van der Waals surface area (Å²) in [4.78, 5) is 4.00. The number of aromatic nitrogens is 1. The molecule has 3 nitrogen and oxygen atoms in total. The molecule has 0 saturated carbocycles. The topological polar surface area (TPSA) is 45.1 Å². The number of hydrogen-bond acceptors (Lipinski definition) is 3. The van der Waals surface area contributed by atoms with Gasteiger partial charge >= 0.3 is 0 Å². The van der Waals surface area contributed by atoms with Gasteiger partial charge < -0.3 is 10.4 Å². The van der Waals surface area contributed by atoms with Gasteiger partial charge in [0.25, 0.3) is 0 Å². The number of halogens is 2. The van der Waals surface area contributed by atoms with E-state index in [2.05, 4.69) is 10.3 Å². The molecule has 0 bridgehead atoms. The van der Waals surface area contributed by atoms with Crippen molar-refractivity contribution in [3.8, 4) is 0 Å². The summed E-state index contributed by atoms with van der Waals surface area (Å²) in [5.41, 5.74) is 0.632. The molecule has 0 aliphatic carbocycles. The Morgan fingerprint density at radius 1 is 1.20 bits per heavy atom. The fraction of sp³-hybridized carbons (Fsp3) is 0.267. The molecule has 0 aliphatic heterocycles. The molecule has 0 saturated heterocycles. The predicted molar refractivity (Wildman–Crippen MR) is 72.0 cm³/mol. The van der Waals surface area contributed by atoms with E-state index in [0.717, 1.165) is 17.7 Å². The molecular weight excluding hydrogens is 262 g/mol. The Labute approximate surface area is 116 Å². The standard InChI is InChI=1S/C15H16F2N2O/c1-10(11-4-3-7-18-8-11)19-9-14(20)15-12(16)5-2-6-13(15)17/h2-8,10,14,19-20H,9H2,1H3/t10-,14?/m1/s1. The minimum absolute atomic E-state index is 0.0495. The Kier molecular flexibility index (Phi) is 4.76. The second-order valence-corrected chi connectivity index (χ2v) is 4.57. The van der Waals surface area contributed by atoms with Crippen LogP contribution in [-0.4, -0.2) is 16.6 Å². The molecule has 0 spiro atoms. The van der Waals surface area contributed by atoms with Gasteiger partial charge in [0, 0.05) is 25.0 Å². The zero-order chi connectivity index (χ0) is 14.5. The number of hydrogen-bond donors (Lipinski definition) is 2. The lowest BCUT2D eigenvalue weighted by Crippen LogP contribution is -2.25. The van der Waals surface area contributed by atoms with Crippen LogP contribution in [0, 0.1) is 11.6 Å². The second kappa shape index (κ2) is 6.54. The van der Waals surface area contributed by atoms with Gasteiger partial charge in [0.15, 0.2) is 0 Å². The summed E-state index contributed by atoms with van der Waals surface area (Å²) < 4.78 is 27.0. The van der Waals surface area contributed by atoms with Gasteiger partial charge in [-0.05, 0) is 30.7 Å². The second-order valence-electron chi connectivity index (χ2n) is 4.57. The zero-order valence-electron chi connectivity index (χ0n) is 11.1. The summed E-state index contributed by atoms with van der Waals surface area (Å²) in [6, 6.07) is 7.15. The van der Waals surface area contributed by atoms with Crippen LogP contribution >= 0.6 is 0 Å². The molecule has 1 aromatic heterocycles. The smallest absolute Gasteiger partial charge is 0.131 e. The number of aliphatic hydroxyl groups is 1. The predicted octanol–water partition coefficient (Wildman–Crippen LogP) is 2.74. The molecule has 0 fully saturated rings. The van der Waals surface area contributed by atoms with E-state index in [-0.39, 0.29) is 18.2 Å². The van der Waals surface area contributed by atoms with Crippen LogP contribution in [0.4, 0.5) is 8.78 Å². The Balaban J connectivity index is 2.00. The highest BCUT2D eigenvalue weighted by molar-refractivity contribution is 5.22. The third-order valence-electron chi connectivity index (χ3n) is 3.13. The van der Waals surface area contributed by atoms with E-state index < -0.39 is 17.7 Å². The Morgan fingerprint density at radius 2 is 1.90 bits per heavy atom. The van der Waals surface area contributed by atoms with Crippen molar-refractivity contribution in [3.63, 3.8) is 0 Å². The highest BCUT2D eigenvalue weighted by Gasteiger charge is 2.18. The Morgan fingerprint density at radius 3 is 2.50 bits per heavy atom. The van der Waals surface area contributed by atoms with Gasteiger partial charge in [0.05, 0.1) is 11.7 Å². The number of aliphatic hydroxyl groups excluding tert-OH is 1. The molecule has 0 aliphatic rings. The van der Waals surface area contributed by atoms with Crippen LogP contribution in [0.5, 0.6) is 0 Å². The lowest BCUT2D eigenvalue weighted by Gasteiger charge is -2.18. The van der Waals surface area contributed by atoms with Crippen LogP contribution in [0.15, 0.2) is 42.7 Å². The van der Waals surface area contributed by atoms with Gasteiger partial charge in [-0.15, -0.1) is 0 Å². The van der Waals surface area contributed by atoms with Crippen molar-refractivity contribution in [2.75, 3.05) is 6.54 Å². The molecule has 20 heavy (non-hydrogen) atoms. The average Bonchev–Trinajstić information content (AvgIpc) is 2.45. The van der Waals surface area contributed by atoms with E-state index >= 15 is 0 Å². The van der Waals surface area contributed by atoms with Crippen molar-refractivity contribution in [2.24, 2.45) is 0 Å². The van der Waals surface area contributed by atoms with Crippen molar-refractivity contribution in [3.05, 3.63) is 65.5 Å². The van der Waals surface area contributed by atoms with Gasteiger partial charge in [-0.25, -0.2) is 8.78 Å². The molecule has 106 valence electrons. The third kappa shape index (κ3) is 3.37. The van der Waals surface area contributed by atoms with Crippen LogP contribution in [0.25, 0.3) is 0 Å². The minimum Gasteiger partial charge on any atom is -0.387 e. The molecule has 2 rings (SSSR count). The lowest BCUT2D eigenvalue weighted by molar-refractivity contribution is 0.161. The summed E-state index contributed by atoms with van der Waals surface area (Å²) >= 11 is 0. The monoisotopic (exact) mass is 278 g/mol. The molecule has 1 unspecified atom stereocenters. The molecule has 2 aromatic rings. The molecule has 0 radical (unpaired) electrons. The van der Waals surface area contributed by atoms with Gasteiger partial charge in [0.1, 0.15) is 11.6 Å². The SMILES string of the molecule is C[C@@H](NCC(O)c1c(F)cccc1F)c1cccnc1. The number of nitrogens with one attached hydrogen (secondary N) is 1. The van der Waals surface area contributed by atoms with Crippen LogP contribution in [0.1, 0.15) is 30.2 Å². The highest BCUT2D eigenvalue weighted by atomic mass is 19.1. The highest BCUT2D eigenvalue weighted by Crippen LogP contribution is 2.21. The van der Waals surface area contributed by atoms with E-state index in [9.17, 15) is 13.9 Å². The van der Waals surface area contributed by atoms with Crippen molar-refractivity contribution in [1.29, 1.82) is 0 Å². The first-order valence-electron chi connectivity index (χ1n) is 6.35. The molecule has 1 aromatic carbocycles. The maximum absolute atomic E-state index is 13.5. The summed E-state index contributed by atoms with van der Waals surface area (Å²) in [6.07, 6.45) is 2.13. The fourth-order valence-electron chi connectivity index (χ4n) is 1.97. The maximum atomic E-state index is 13.5. The normalized spacial score (nSPS) is 14.0. The average molecular weight is 278 g/mol. The zero-order valence-corrected chi connectivity index (χ0v) is 11.1. The van der Waals surface area contributed by atoms with E-state index in [4.69, 9.17) is 0 Å². The molecule has 1 heterocycles. The summed E-state index contributed by atoms with van der Waals surface area (Å²) in [5, 5.41) is 12.9. The van der Waals surface area contributed by atoms with E-state index in [1.807, 2.05) is 13.0 Å². The quantitative estimate of drug-likeness (QED) is 0.884. The molecular formula is C15H16F2N2O. The number of rotatable bonds is 5. The summed E-state index contributed by atoms with van der Waals surface area (Å²) in [6.45, 7) is 1.94. The largest absolute Gasteiger partial charge is 0.387 e. The van der Waals surface area contributed by atoms with Crippen molar-refractivity contribution in [2.45, 2.75) is 19.1 Å². The lowest BCUT2D eigenvalue weighted by atomic mass is 10.1. The maximum Gasteiger partial charge on any atom is 0.131 e. The van der Waals surface area contributed by atoms with Crippen molar-refractivity contribution < 1.29 is 13.9 Å². The van der Waals surface area contributed by atoms with E-state index in [1.165, 1.54) is 6.07 Å². The van der Waals surface area contributed by atoms with Crippen LogP contribution in [0.2, 0.25) is 0 Å². The Hall–Kier alpha value is -1.85. The van der Waals surface area contributed by atoms with Crippen LogP contribution in [0.3, 0.4) is 0 Å². The van der Waals surface area contributed by atoms with Gasteiger partial charge in [0.2, 0.25) is 0 Å².